The highest BCUT2D eigenvalue weighted by Gasteiger charge is 2.45. The van der Waals surface area contributed by atoms with E-state index >= 15 is 0 Å². The molecule has 0 radical (unpaired) electrons. The molecule has 2 amide bonds. The Balaban J connectivity index is 2.78. The summed E-state index contributed by atoms with van der Waals surface area (Å²) in [7, 11) is 0. The minimum Gasteiger partial charge on any atom is -0.444 e. The Labute approximate surface area is 114 Å². The zero-order chi connectivity index (χ0) is 15.7. The molecule has 0 aromatic heterocycles. The van der Waals surface area contributed by atoms with E-state index in [1.165, 1.54) is 0 Å². The number of ether oxygens (including phenoxy) is 2. The van der Waals surface area contributed by atoms with Gasteiger partial charge in [-0.1, -0.05) is 0 Å². The van der Waals surface area contributed by atoms with Crippen LogP contribution in [0.2, 0.25) is 0 Å². The van der Waals surface area contributed by atoms with Crippen molar-refractivity contribution in [1.82, 2.24) is 4.90 Å². The molecule has 1 rings (SSSR count). The van der Waals surface area contributed by atoms with Crippen LogP contribution in [0.15, 0.2) is 0 Å². The van der Waals surface area contributed by atoms with Crippen LogP contribution in [-0.2, 0) is 14.3 Å². The van der Waals surface area contributed by atoms with Crippen LogP contribution in [0.25, 0.3) is 0 Å². The summed E-state index contributed by atoms with van der Waals surface area (Å²) in [6, 6.07) is -1.17. The first kappa shape index (κ1) is 16.5. The number of rotatable bonds is 2. The molecule has 116 valence electrons. The normalized spacial score (nSPS) is 23.8. The van der Waals surface area contributed by atoms with Crippen molar-refractivity contribution in [2.24, 2.45) is 5.73 Å². The van der Waals surface area contributed by atoms with Crippen LogP contribution >= 0.6 is 0 Å². The van der Waals surface area contributed by atoms with Gasteiger partial charge in [0.15, 0.2) is 0 Å². The van der Waals surface area contributed by atoms with Crippen LogP contribution in [0.3, 0.4) is 0 Å². The summed E-state index contributed by atoms with van der Waals surface area (Å²) in [5.41, 5.74) is 4.26. The van der Waals surface area contributed by atoms with Gasteiger partial charge in [-0.25, -0.2) is 4.79 Å². The Kier molecular flexibility index (Phi) is 4.52. The van der Waals surface area contributed by atoms with Crippen molar-refractivity contribution >= 4 is 12.0 Å². The maximum absolute atomic E-state index is 12.2. The van der Waals surface area contributed by atoms with E-state index in [0.29, 0.717) is 0 Å². The Morgan fingerprint density at radius 2 is 1.80 bits per heavy atom. The third-order valence-electron chi connectivity index (χ3n) is 2.52. The summed E-state index contributed by atoms with van der Waals surface area (Å²) >= 11 is 0. The largest absolute Gasteiger partial charge is 0.522 e. The van der Waals surface area contributed by atoms with Gasteiger partial charge in [-0.3, -0.25) is 14.4 Å². The lowest BCUT2D eigenvalue weighted by Crippen LogP contribution is -2.45. The molecule has 0 aromatic carbocycles. The van der Waals surface area contributed by atoms with E-state index in [-0.39, 0.29) is 6.42 Å². The van der Waals surface area contributed by atoms with Gasteiger partial charge in [0.25, 0.3) is 0 Å². The molecule has 2 atom stereocenters. The minimum atomic E-state index is -4.84. The first-order valence-electron chi connectivity index (χ1n) is 5.92. The lowest BCUT2D eigenvalue weighted by atomic mass is 10.2. The molecule has 0 spiro atoms. The van der Waals surface area contributed by atoms with Crippen LogP contribution in [0.5, 0.6) is 0 Å². The molecule has 20 heavy (non-hydrogen) atoms. The van der Waals surface area contributed by atoms with Gasteiger partial charge in [-0.15, -0.1) is 13.2 Å². The number of hydrogen-bond donors (Lipinski definition) is 1. The number of primary amides is 1. The number of carbonyl (C=O) groups is 2. The van der Waals surface area contributed by atoms with E-state index in [4.69, 9.17) is 10.5 Å². The van der Waals surface area contributed by atoms with Crippen LogP contribution < -0.4 is 5.73 Å². The van der Waals surface area contributed by atoms with Crippen LogP contribution in [0, 0.1) is 0 Å². The number of hydrogen-bond acceptors (Lipinski definition) is 4. The summed E-state index contributed by atoms with van der Waals surface area (Å²) in [4.78, 5) is 23.9. The van der Waals surface area contributed by atoms with Gasteiger partial charge in [0.1, 0.15) is 11.6 Å². The van der Waals surface area contributed by atoms with Gasteiger partial charge in [0.05, 0.1) is 12.6 Å². The maximum Gasteiger partial charge on any atom is 0.522 e. The minimum absolute atomic E-state index is 0.311. The van der Waals surface area contributed by atoms with E-state index in [1.54, 1.807) is 20.8 Å². The number of nitrogens with two attached hydrogens (primary N) is 1. The third-order valence-corrected chi connectivity index (χ3v) is 2.52. The fourth-order valence-electron chi connectivity index (χ4n) is 1.86. The summed E-state index contributed by atoms with van der Waals surface area (Å²) in [6.07, 6.45) is -7.38. The number of halogens is 3. The van der Waals surface area contributed by atoms with Crippen LogP contribution in [0.4, 0.5) is 18.0 Å². The molecule has 0 saturated carbocycles. The monoisotopic (exact) mass is 298 g/mol. The average Bonchev–Trinajstić information content (AvgIpc) is 2.56. The van der Waals surface area contributed by atoms with Crippen LogP contribution in [-0.4, -0.2) is 47.6 Å². The highest BCUT2D eigenvalue weighted by molar-refractivity contribution is 5.85. The number of amides is 2. The third kappa shape index (κ3) is 4.87. The summed E-state index contributed by atoms with van der Waals surface area (Å²) in [5, 5.41) is 0. The average molecular weight is 298 g/mol. The molecule has 1 aliphatic heterocycles. The van der Waals surface area contributed by atoms with Gasteiger partial charge in [0.2, 0.25) is 5.91 Å². The Morgan fingerprint density at radius 1 is 1.25 bits per heavy atom. The molecular weight excluding hydrogens is 281 g/mol. The summed E-state index contributed by atoms with van der Waals surface area (Å²) in [5.74, 6) is -0.899. The molecule has 1 aliphatic rings. The molecule has 0 aliphatic carbocycles. The maximum atomic E-state index is 12.2. The van der Waals surface area contributed by atoms with Crippen LogP contribution in [0.1, 0.15) is 27.2 Å². The fraction of sp³-hybridized carbons (Fsp3) is 0.818. The molecule has 1 saturated heterocycles. The second-order valence-corrected chi connectivity index (χ2v) is 5.47. The topological polar surface area (TPSA) is 81.9 Å². The van der Waals surface area contributed by atoms with Crippen molar-refractivity contribution in [1.29, 1.82) is 0 Å². The summed E-state index contributed by atoms with van der Waals surface area (Å²) in [6.45, 7) is 4.40. The molecule has 0 aromatic rings. The smallest absolute Gasteiger partial charge is 0.444 e. The fourth-order valence-corrected chi connectivity index (χ4v) is 1.86. The van der Waals surface area contributed by atoms with Gasteiger partial charge < -0.3 is 10.5 Å². The zero-order valence-corrected chi connectivity index (χ0v) is 11.4. The highest BCUT2D eigenvalue weighted by atomic mass is 19.4. The SMILES string of the molecule is CC(C)(C)OC(=O)N1C[C@H](OC(F)(F)F)C[C@H]1C(N)=O. The quantitative estimate of drug-likeness (QED) is 0.835. The van der Waals surface area contributed by atoms with Crippen molar-refractivity contribution in [3.05, 3.63) is 0 Å². The van der Waals surface area contributed by atoms with Crippen molar-refractivity contribution < 1.29 is 32.2 Å². The Hall–Kier alpha value is -1.51. The predicted octanol–water partition coefficient (Wildman–Crippen LogP) is 1.39. The van der Waals surface area contributed by atoms with E-state index in [1.807, 2.05) is 0 Å². The van der Waals surface area contributed by atoms with Gasteiger partial charge in [-0.2, -0.15) is 0 Å². The predicted molar refractivity (Wildman–Crippen MR) is 61.5 cm³/mol. The molecular formula is C11H17F3N2O4. The lowest BCUT2D eigenvalue weighted by molar-refractivity contribution is -0.340. The van der Waals surface area contributed by atoms with Gasteiger partial charge in [0, 0.05) is 6.42 Å². The molecule has 2 N–H and O–H groups in total. The Bertz CT molecular complexity index is 392. The first-order valence-corrected chi connectivity index (χ1v) is 5.92. The van der Waals surface area contributed by atoms with E-state index < -0.39 is 42.7 Å². The highest BCUT2D eigenvalue weighted by Crippen LogP contribution is 2.28. The zero-order valence-electron chi connectivity index (χ0n) is 11.4. The molecule has 1 fully saturated rings. The van der Waals surface area contributed by atoms with Crippen molar-refractivity contribution in [2.45, 2.75) is 51.3 Å². The molecule has 9 heteroatoms. The Morgan fingerprint density at radius 3 is 2.20 bits per heavy atom. The van der Waals surface area contributed by atoms with Crippen molar-refractivity contribution in [2.75, 3.05) is 6.54 Å². The lowest BCUT2D eigenvalue weighted by Gasteiger charge is -2.27. The summed E-state index contributed by atoms with van der Waals surface area (Å²) < 4.78 is 45.3. The van der Waals surface area contributed by atoms with E-state index in [0.717, 1.165) is 4.90 Å². The number of nitrogens with zero attached hydrogens (tertiary/aromatic N) is 1. The molecule has 6 nitrogen and oxygen atoms in total. The first-order chi connectivity index (χ1) is 8.89. The van der Waals surface area contributed by atoms with Crippen molar-refractivity contribution in [3.63, 3.8) is 0 Å². The molecule has 1 heterocycles. The number of carbonyl (C=O) groups excluding carboxylic acids is 2. The van der Waals surface area contributed by atoms with Gasteiger partial charge in [-0.05, 0) is 20.8 Å². The van der Waals surface area contributed by atoms with Crippen molar-refractivity contribution in [3.8, 4) is 0 Å². The standard InChI is InChI=1S/C11H17F3N2O4/c1-10(2,3)20-9(18)16-5-6(19-11(12,13)14)4-7(16)8(15)17/h6-7H,4-5H2,1-3H3,(H2,15,17)/t6-,7+/m1/s1. The number of likely N-dealkylation sites (tertiary alicyclic amines) is 1. The van der Waals surface area contributed by atoms with Gasteiger partial charge >= 0.3 is 12.5 Å². The van der Waals surface area contributed by atoms with E-state index in [2.05, 4.69) is 4.74 Å². The molecule has 0 unspecified atom stereocenters. The number of alkyl halides is 3. The second-order valence-electron chi connectivity index (χ2n) is 5.47. The molecule has 0 bridgehead atoms. The van der Waals surface area contributed by atoms with E-state index in [9.17, 15) is 22.8 Å². The second kappa shape index (κ2) is 5.47.